The second kappa shape index (κ2) is 35.3. The van der Waals surface area contributed by atoms with Gasteiger partial charge in [-0.1, -0.05) is 63.4 Å². The molecule has 2 atom stereocenters. The van der Waals surface area contributed by atoms with Crippen LogP contribution in [0, 0.1) is 17.5 Å². The van der Waals surface area contributed by atoms with Crippen molar-refractivity contribution in [1.29, 1.82) is 0 Å². The van der Waals surface area contributed by atoms with Crippen LogP contribution in [0.1, 0.15) is 145 Å². The molecule has 3 saturated carbocycles. The van der Waals surface area contributed by atoms with Crippen LogP contribution in [0.2, 0.25) is 0 Å². The fourth-order valence-electron chi connectivity index (χ4n) is 9.62. The third-order valence-electron chi connectivity index (χ3n) is 15.5. The quantitative estimate of drug-likeness (QED) is 0.0214. The van der Waals surface area contributed by atoms with Crippen molar-refractivity contribution < 1.29 is 87.5 Å². The molecule has 2 aliphatic heterocycles. The number of carbonyl (C=O) groups excluding carboxylic acids is 4. The van der Waals surface area contributed by atoms with Crippen LogP contribution in [0.25, 0.3) is 0 Å². The number of hydrogen-bond donors (Lipinski definition) is 6. The minimum Gasteiger partial charge on any atom is -0.505 e. The molecule has 5 fully saturated rings. The number of carbonyl (C=O) groups is 4. The predicted octanol–water partition coefficient (Wildman–Crippen LogP) is 10.2. The van der Waals surface area contributed by atoms with Gasteiger partial charge >= 0.3 is 12.1 Å². The maximum Gasteiger partial charge on any atom is 0.325 e. The molecular formula is C68H100ClF3N4O16S3. The summed E-state index contributed by atoms with van der Waals surface area (Å²) in [6, 6.07) is 11.3. The van der Waals surface area contributed by atoms with E-state index >= 15 is 0 Å². The van der Waals surface area contributed by atoms with E-state index in [1.165, 1.54) is 40.1 Å². The van der Waals surface area contributed by atoms with Gasteiger partial charge in [0.1, 0.15) is 25.3 Å². The van der Waals surface area contributed by atoms with Gasteiger partial charge in [-0.2, -0.15) is 0 Å². The van der Waals surface area contributed by atoms with Gasteiger partial charge in [0.05, 0.1) is 57.2 Å². The van der Waals surface area contributed by atoms with Crippen molar-refractivity contribution in [3.05, 3.63) is 139 Å². The van der Waals surface area contributed by atoms with Crippen LogP contribution in [0.3, 0.4) is 0 Å². The van der Waals surface area contributed by atoms with E-state index in [-0.39, 0.29) is 105 Å². The van der Waals surface area contributed by atoms with E-state index in [4.69, 9.17) is 26.2 Å². The minimum absolute atomic E-state index is 0. The van der Waals surface area contributed by atoms with Crippen LogP contribution >= 0.6 is 11.6 Å². The van der Waals surface area contributed by atoms with Gasteiger partial charge in [0, 0.05) is 29.3 Å². The Hall–Kier alpha value is -6.29. The number of aromatic hydroxyl groups is 1. The highest BCUT2D eigenvalue weighted by Crippen LogP contribution is 2.52. The van der Waals surface area contributed by atoms with Crippen LogP contribution in [-0.2, 0) is 55.3 Å². The number of alkyl halides is 1. The van der Waals surface area contributed by atoms with E-state index in [9.17, 15) is 72.9 Å². The number of amides is 6. The van der Waals surface area contributed by atoms with E-state index < -0.39 is 97.8 Å². The molecule has 3 aliphatic carbocycles. The van der Waals surface area contributed by atoms with Gasteiger partial charge in [0.2, 0.25) is 0 Å². The average Bonchev–Trinajstić information content (AvgIpc) is 1.63. The number of rotatable bonds is 29. The summed E-state index contributed by atoms with van der Waals surface area (Å²) in [4.78, 5) is 47.7. The third kappa shape index (κ3) is 27.6. The van der Waals surface area contributed by atoms with E-state index in [0.717, 1.165) is 31.2 Å². The van der Waals surface area contributed by atoms with Crippen LogP contribution in [0.5, 0.6) is 17.2 Å². The normalized spacial score (nSPS) is 18.2. The number of phenols is 1. The monoisotopic (exact) mass is 1420 g/mol. The molecule has 3 aromatic carbocycles. The summed E-state index contributed by atoms with van der Waals surface area (Å²) in [5.74, 6) is -2.23. The zero-order valence-electron chi connectivity index (χ0n) is 54.3. The van der Waals surface area contributed by atoms with Crippen LogP contribution < -0.4 is 20.1 Å². The van der Waals surface area contributed by atoms with Crippen LogP contribution in [-0.4, -0.2) is 175 Å². The SMILES string of the molecule is C.C.C=CCCS(=O)(=O)CC1(c2ccc(F)c(O)c2)CC1.C=CCCS(=O)(=O)CC1(c2ccc(F)c(OCC(C)(C)O)c2)CC1.C=CCN1C(=O)NC(=O)[C@@H]1C.CC(C)(O)CCl.C[C@H]1C(=O)NC(=O)N1C/C=C/CCS(=O)(=O)CC1(c2ccc(F)c(OCC(C)(C)O)c2)CC1. The smallest absolute Gasteiger partial charge is 0.325 e. The summed E-state index contributed by atoms with van der Waals surface area (Å²) in [6.45, 7) is 24.0. The molecule has 0 aromatic heterocycles. The Morgan fingerprint density at radius 3 is 1.16 bits per heavy atom. The van der Waals surface area contributed by atoms with E-state index in [1.807, 2.05) is 0 Å². The van der Waals surface area contributed by atoms with Gasteiger partial charge in [0.15, 0.2) is 64.2 Å². The van der Waals surface area contributed by atoms with Gasteiger partial charge in [-0.05, 0) is 166 Å². The Morgan fingerprint density at radius 2 is 0.874 bits per heavy atom. The highest BCUT2D eigenvalue weighted by Gasteiger charge is 2.50. The zero-order valence-corrected chi connectivity index (χ0v) is 57.5. The number of urea groups is 2. The van der Waals surface area contributed by atoms with Gasteiger partial charge in [-0.15, -0.1) is 31.3 Å². The molecule has 3 aromatic rings. The summed E-state index contributed by atoms with van der Waals surface area (Å²) >= 11 is 5.23. The van der Waals surface area contributed by atoms with Crippen molar-refractivity contribution >= 4 is 65.0 Å². The number of nitrogens with zero attached hydrogens (tertiary/aromatic N) is 2. The molecule has 2 saturated heterocycles. The first-order valence-corrected chi connectivity index (χ1v) is 36.4. The lowest BCUT2D eigenvalue weighted by molar-refractivity contribution is -0.121. The molecule has 27 heteroatoms. The summed E-state index contributed by atoms with van der Waals surface area (Å²) in [5, 5.41) is 42.0. The third-order valence-corrected chi connectivity index (χ3v) is 21.7. The summed E-state index contributed by atoms with van der Waals surface area (Å²) in [6.07, 6.45) is 13.7. The lowest BCUT2D eigenvalue weighted by atomic mass is 9.98. The van der Waals surface area contributed by atoms with E-state index in [0.29, 0.717) is 55.7 Å². The van der Waals surface area contributed by atoms with Crippen molar-refractivity contribution in [1.82, 2.24) is 20.4 Å². The first-order chi connectivity index (χ1) is 43.0. The summed E-state index contributed by atoms with van der Waals surface area (Å²) < 4.78 is 126. The summed E-state index contributed by atoms with van der Waals surface area (Å²) in [7, 11) is -9.73. The second-order valence-corrected chi connectivity index (χ2v) is 33.0. The van der Waals surface area contributed by atoms with Gasteiger partial charge < -0.3 is 39.7 Å². The molecule has 8 rings (SSSR count). The fraction of sp³-hybridized carbons (Fsp3) is 0.559. The number of benzene rings is 3. The number of hydrogen-bond acceptors (Lipinski definition) is 16. The minimum atomic E-state index is -3.39. The highest BCUT2D eigenvalue weighted by molar-refractivity contribution is 7.92. The van der Waals surface area contributed by atoms with E-state index in [2.05, 4.69) is 30.4 Å². The molecule has 6 amide bonds. The Labute approximate surface area is 565 Å². The number of phenolic OH excluding ortho intramolecular Hbond substituents is 1. The van der Waals surface area contributed by atoms with Crippen LogP contribution in [0.15, 0.2) is 105 Å². The number of imide groups is 2. The summed E-state index contributed by atoms with van der Waals surface area (Å²) in [5.41, 5.74) is -2.13. The van der Waals surface area contributed by atoms with Crippen molar-refractivity contribution in [2.45, 2.75) is 173 Å². The number of nitrogens with one attached hydrogen (secondary N) is 2. The molecule has 0 radical (unpaired) electrons. The topological polar surface area (TPSA) is 301 Å². The Kier molecular flexibility index (Phi) is 31.5. The standard InChI is InChI=1S/C23H31FN2O6S.C18H25FO4S.C14H17FO3S.C7H10N2O2.C4H9ClO.2CH4/c1-16-20(27)25-21(28)26(16)11-5-4-6-12-33(30,31)15-23(9-10-23)17-7-8-18(24)19(13-17)32-14-22(2,3)29;1-4-5-10-24(21,22)13-18(8-9-18)14-6-7-15(19)16(11-14)23-12-17(2,3)20;1-2-3-8-19(17,18)10-14(6-7-14)11-4-5-12(15)13(16)9-11;1-3-4-9-5(2)6(10)8-7(9)11;1-4(2,6)3-5;;/h4-5,7-8,13,16,29H,6,9-12,14-15H2,1-3H3,(H,25,27,28);4,6-7,11,20H,1,5,8-10,12-13H2,2-3H3;2,4-5,9,16H,1,3,6-8,10H2;3,5H,1,4H2,2H3,(H,8,10,11);6H,3H2,1-2H3;2*1H4/b5-4+;;;;;;/t16-;;;5-;;;/m0..0.../s1. The number of allylic oxidation sites excluding steroid dienone is 3. The molecular weight excluding hydrogens is 1320 g/mol. The maximum absolute atomic E-state index is 14.1. The Bertz CT molecular complexity index is 3520. The molecule has 6 N–H and O–H groups in total. The highest BCUT2D eigenvalue weighted by atomic mass is 35.5. The van der Waals surface area contributed by atoms with Crippen molar-refractivity contribution in [3.63, 3.8) is 0 Å². The average molecular weight is 1420 g/mol. The number of ether oxygens (including phenoxy) is 2. The van der Waals surface area contributed by atoms with E-state index in [1.54, 1.807) is 110 Å². The lowest BCUT2D eigenvalue weighted by Gasteiger charge is -2.20. The van der Waals surface area contributed by atoms with Crippen molar-refractivity contribution in [3.8, 4) is 17.2 Å². The molecule has 5 aliphatic rings. The van der Waals surface area contributed by atoms with Crippen molar-refractivity contribution in [2.75, 3.05) is 66.7 Å². The largest absolute Gasteiger partial charge is 0.505 e. The fourth-order valence-corrected chi connectivity index (χ4v) is 15.5. The molecule has 0 spiro atoms. The lowest BCUT2D eigenvalue weighted by Crippen LogP contribution is -2.32. The molecule has 0 unspecified atom stereocenters. The van der Waals surface area contributed by atoms with Gasteiger partial charge in [-0.3, -0.25) is 20.2 Å². The van der Waals surface area contributed by atoms with Gasteiger partial charge in [0.25, 0.3) is 11.8 Å². The van der Waals surface area contributed by atoms with Crippen LogP contribution in [0.4, 0.5) is 22.8 Å². The predicted molar refractivity (Wildman–Crippen MR) is 367 cm³/mol. The molecule has 0 bridgehead atoms. The number of halogens is 4. The van der Waals surface area contributed by atoms with Gasteiger partial charge in [-0.25, -0.2) is 48.0 Å². The Morgan fingerprint density at radius 1 is 0.547 bits per heavy atom. The number of aliphatic hydroxyl groups is 3. The first kappa shape index (κ1) is 84.8. The Balaban J connectivity index is 0.000000437. The second-order valence-electron chi connectivity index (χ2n) is 26.2. The molecule has 2 heterocycles. The molecule has 20 nitrogen and oxygen atoms in total. The maximum atomic E-state index is 14.1. The number of sulfone groups is 3. The molecule has 95 heavy (non-hydrogen) atoms. The molecule has 534 valence electrons. The van der Waals surface area contributed by atoms with Crippen molar-refractivity contribution in [2.24, 2.45) is 0 Å². The zero-order chi connectivity index (χ0) is 70.2. The first-order valence-electron chi connectivity index (χ1n) is 30.4.